The van der Waals surface area contributed by atoms with Crippen molar-refractivity contribution < 1.29 is 13.5 Å². The van der Waals surface area contributed by atoms with Crippen molar-refractivity contribution in [3.05, 3.63) is 65.1 Å². The fourth-order valence-electron chi connectivity index (χ4n) is 2.05. The van der Waals surface area contributed by atoms with E-state index in [1.807, 2.05) is 24.3 Å². The van der Waals surface area contributed by atoms with Crippen LogP contribution in [0.25, 0.3) is 17.1 Å². The Morgan fingerprint density at radius 2 is 2.04 bits per heavy atom. The highest BCUT2D eigenvalue weighted by Crippen LogP contribution is 2.18. The molecule has 0 unspecified atom stereocenters. The fraction of sp³-hybridized carbons (Fsp3) is 0.0625. The highest BCUT2D eigenvalue weighted by Gasteiger charge is 2.11. The number of fused-ring (bicyclic) bond motifs is 1. The topological polar surface area (TPSA) is 65.5 Å². The largest absolute Gasteiger partial charge is 0.486 e. The van der Waals surface area contributed by atoms with Gasteiger partial charge in [-0.1, -0.05) is 11.3 Å². The Hall–Kier alpha value is -3.00. The van der Waals surface area contributed by atoms with Crippen LogP contribution in [0.15, 0.2) is 47.1 Å². The van der Waals surface area contributed by atoms with Crippen molar-refractivity contribution in [2.75, 3.05) is 0 Å². The van der Waals surface area contributed by atoms with E-state index in [-0.39, 0.29) is 12.4 Å². The summed E-state index contributed by atoms with van der Waals surface area (Å²) in [5, 5.41) is 13.4. The minimum atomic E-state index is -0.306. The van der Waals surface area contributed by atoms with Gasteiger partial charge in [0.25, 0.3) is 0 Å². The van der Waals surface area contributed by atoms with Crippen molar-refractivity contribution >= 4 is 28.4 Å². The van der Waals surface area contributed by atoms with Crippen molar-refractivity contribution in [1.82, 2.24) is 19.8 Å². The summed E-state index contributed by atoms with van der Waals surface area (Å²) in [6, 6.07) is 9.49. The van der Waals surface area contributed by atoms with E-state index in [4.69, 9.17) is 9.15 Å². The van der Waals surface area contributed by atoms with Crippen LogP contribution in [-0.2, 0) is 6.61 Å². The summed E-state index contributed by atoms with van der Waals surface area (Å²) in [6.45, 7) is 0.192. The Morgan fingerprint density at radius 1 is 1.17 bits per heavy atom. The molecule has 0 saturated carbocycles. The van der Waals surface area contributed by atoms with Crippen molar-refractivity contribution in [3.8, 4) is 5.75 Å². The van der Waals surface area contributed by atoms with Gasteiger partial charge in [0.1, 0.15) is 28.9 Å². The lowest BCUT2D eigenvalue weighted by Crippen LogP contribution is -2.02. The number of aromatic nitrogens is 4. The molecule has 0 aliphatic carbocycles. The average Bonchev–Trinajstić information content (AvgIpc) is 3.30. The molecule has 0 saturated heterocycles. The third kappa shape index (κ3) is 3.04. The Morgan fingerprint density at radius 3 is 2.83 bits per heavy atom. The molecule has 3 aromatic heterocycles. The number of nitrogens with zero attached hydrogens (tertiary/aromatic N) is 4. The summed E-state index contributed by atoms with van der Waals surface area (Å²) in [4.78, 5) is 0.673. The van der Waals surface area contributed by atoms with Gasteiger partial charge in [-0.3, -0.25) is 0 Å². The van der Waals surface area contributed by atoms with Gasteiger partial charge in [0.15, 0.2) is 5.82 Å². The average molecular weight is 342 g/mol. The van der Waals surface area contributed by atoms with Gasteiger partial charge in [0.05, 0.1) is 6.26 Å². The maximum atomic E-state index is 12.9. The molecule has 0 bridgehead atoms. The SMILES string of the molecule is Fc1ccc(OCc2nnc3sc(/C=C\c4ccco4)nn23)cc1. The van der Waals surface area contributed by atoms with Crippen molar-refractivity contribution in [2.45, 2.75) is 6.61 Å². The van der Waals surface area contributed by atoms with Crippen LogP contribution in [0.4, 0.5) is 4.39 Å². The summed E-state index contributed by atoms with van der Waals surface area (Å²) in [7, 11) is 0. The first kappa shape index (κ1) is 14.6. The second kappa shape index (κ2) is 6.25. The van der Waals surface area contributed by atoms with E-state index in [1.54, 1.807) is 22.9 Å². The second-order valence-electron chi connectivity index (χ2n) is 4.84. The molecule has 0 aliphatic heterocycles. The van der Waals surface area contributed by atoms with Gasteiger partial charge < -0.3 is 9.15 Å². The molecule has 0 amide bonds. The second-order valence-corrected chi connectivity index (χ2v) is 5.83. The summed E-state index contributed by atoms with van der Waals surface area (Å²) in [6.07, 6.45) is 5.30. The smallest absolute Gasteiger partial charge is 0.235 e. The lowest BCUT2D eigenvalue weighted by molar-refractivity contribution is 0.292. The predicted octanol–water partition coefficient (Wildman–Crippen LogP) is 3.67. The Bertz CT molecular complexity index is 974. The number of halogens is 1. The molecule has 0 spiro atoms. The first-order valence-electron chi connectivity index (χ1n) is 7.09. The van der Waals surface area contributed by atoms with Gasteiger partial charge in [-0.2, -0.15) is 9.61 Å². The van der Waals surface area contributed by atoms with Crippen LogP contribution < -0.4 is 4.74 Å². The van der Waals surface area contributed by atoms with Crippen molar-refractivity contribution in [3.63, 3.8) is 0 Å². The zero-order valence-corrected chi connectivity index (χ0v) is 13.1. The van der Waals surface area contributed by atoms with E-state index in [9.17, 15) is 4.39 Å². The molecule has 0 atom stereocenters. The summed E-state index contributed by atoms with van der Waals surface area (Å²) in [5.74, 6) is 1.57. The quantitative estimate of drug-likeness (QED) is 0.554. The zero-order valence-electron chi connectivity index (χ0n) is 12.3. The number of hydrogen-bond acceptors (Lipinski definition) is 6. The minimum Gasteiger partial charge on any atom is -0.486 e. The molecule has 120 valence electrons. The van der Waals surface area contributed by atoms with E-state index >= 15 is 0 Å². The van der Waals surface area contributed by atoms with Crippen LogP contribution in [0.3, 0.4) is 0 Å². The Labute approximate surface area is 139 Å². The van der Waals surface area contributed by atoms with Gasteiger partial charge in [-0.25, -0.2) is 4.39 Å². The number of hydrogen-bond donors (Lipinski definition) is 0. The van der Waals surface area contributed by atoms with E-state index < -0.39 is 0 Å². The minimum absolute atomic E-state index is 0.192. The molecule has 0 N–H and O–H groups in total. The van der Waals surface area contributed by atoms with E-state index in [1.165, 1.54) is 23.5 Å². The number of rotatable bonds is 5. The summed E-state index contributed by atoms with van der Waals surface area (Å²) in [5.41, 5.74) is 0. The number of benzene rings is 1. The monoisotopic (exact) mass is 342 g/mol. The van der Waals surface area contributed by atoms with Gasteiger partial charge in [0.2, 0.25) is 4.96 Å². The lowest BCUT2D eigenvalue weighted by atomic mass is 10.3. The molecule has 0 aliphatic rings. The first-order valence-corrected chi connectivity index (χ1v) is 7.91. The Kier molecular flexibility index (Phi) is 3.80. The molecule has 3 heterocycles. The lowest BCUT2D eigenvalue weighted by Gasteiger charge is -2.03. The van der Waals surface area contributed by atoms with Crippen LogP contribution in [0.5, 0.6) is 5.75 Å². The van der Waals surface area contributed by atoms with Gasteiger partial charge >= 0.3 is 0 Å². The maximum Gasteiger partial charge on any atom is 0.235 e. The molecule has 6 nitrogen and oxygen atoms in total. The summed E-state index contributed by atoms with van der Waals surface area (Å²) < 4.78 is 25.3. The van der Waals surface area contributed by atoms with Crippen molar-refractivity contribution in [1.29, 1.82) is 0 Å². The third-order valence-electron chi connectivity index (χ3n) is 3.19. The van der Waals surface area contributed by atoms with Crippen molar-refractivity contribution in [2.24, 2.45) is 0 Å². The maximum absolute atomic E-state index is 12.9. The van der Waals surface area contributed by atoms with E-state index in [0.717, 1.165) is 10.8 Å². The van der Waals surface area contributed by atoms with Gasteiger partial charge in [0, 0.05) is 0 Å². The van der Waals surface area contributed by atoms with E-state index in [0.29, 0.717) is 16.5 Å². The number of ether oxygens (including phenoxy) is 1. The van der Waals surface area contributed by atoms with Gasteiger partial charge in [-0.15, -0.1) is 10.2 Å². The third-order valence-corrected chi connectivity index (χ3v) is 4.05. The Balaban J connectivity index is 1.50. The fourth-order valence-corrected chi connectivity index (χ4v) is 2.81. The van der Waals surface area contributed by atoms with Crippen LogP contribution in [0, 0.1) is 5.82 Å². The predicted molar refractivity (Wildman–Crippen MR) is 87.0 cm³/mol. The number of furan rings is 1. The molecule has 0 radical (unpaired) electrons. The zero-order chi connectivity index (χ0) is 16.4. The molecule has 4 rings (SSSR count). The molecular weight excluding hydrogens is 331 g/mol. The molecule has 24 heavy (non-hydrogen) atoms. The van der Waals surface area contributed by atoms with Crippen LogP contribution in [0.2, 0.25) is 0 Å². The molecule has 8 heteroatoms. The molecular formula is C16H11FN4O2S. The van der Waals surface area contributed by atoms with Gasteiger partial charge in [-0.05, 0) is 48.6 Å². The van der Waals surface area contributed by atoms with Crippen LogP contribution in [-0.4, -0.2) is 19.8 Å². The molecule has 4 aromatic rings. The molecule has 1 aromatic carbocycles. The van der Waals surface area contributed by atoms with E-state index in [2.05, 4.69) is 15.3 Å². The summed E-state index contributed by atoms with van der Waals surface area (Å²) >= 11 is 1.41. The highest BCUT2D eigenvalue weighted by molar-refractivity contribution is 7.17. The molecule has 0 fully saturated rings. The van der Waals surface area contributed by atoms with Crippen LogP contribution in [0.1, 0.15) is 16.6 Å². The first-order chi connectivity index (χ1) is 11.8. The standard InChI is InChI=1S/C16H11FN4O2S/c17-11-3-5-13(6-4-11)23-10-14-18-19-16-21(14)20-15(24-16)8-7-12-2-1-9-22-12/h1-9H,10H2/b8-7-. The van der Waals surface area contributed by atoms with Crippen LogP contribution >= 0.6 is 11.3 Å². The highest BCUT2D eigenvalue weighted by atomic mass is 32.1. The normalized spacial score (nSPS) is 11.5.